The van der Waals surface area contributed by atoms with Gasteiger partial charge in [0.15, 0.2) is 16.7 Å². The van der Waals surface area contributed by atoms with Crippen molar-refractivity contribution in [3.8, 4) is 11.5 Å². The van der Waals surface area contributed by atoms with Crippen molar-refractivity contribution in [1.29, 1.82) is 0 Å². The lowest BCUT2D eigenvalue weighted by atomic mass is 10.1. The Balaban J connectivity index is 1.50. The van der Waals surface area contributed by atoms with E-state index in [9.17, 15) is 9.59 Å². The van der Waals surface area contributed by atoms with E-state index in [1.54, 1.807) is 14.2 Å². The fourth-order valence-electron chi connectivity index (χ4n) is 3.23. The number of aromatic nitrogens is 2. The zero-order valence-electron chi connectivity index (χ0n) is 18.4. The van der Waals surface area contributed by atoms with Gasteiger partial charge in [0.2, 0.25) is 5.91 Å². The number of nitrogens with one attached hydrogen (secondary N) is 2. The van der Waals surface area contributed by atoms with Gasteiger partial charge in [-0.15, -0.1) is 0 Å². The summed E-state index contributed by atoms with van der Waals surface area (Å²) < 4.78 is 10.5. The van der Waals surface area contributed by atoms with Gasteiger partial charge >= 0.3 is 0 Å². The van der Waals surface area contributed by atoms with Gasteiger partial charge in [0, 0.05) is 24.2 Å². The van der Waals surface area contributed by atoms with Crippen LogP contribution in [0.25, 0.3) is 0 Å². The van der Waals surface area contributed by atoms with E-state index >= 15 is 0 Å². The van der Waals surface area contributed by atoms with E-state index in [0.717, 1.165) is 11.1 Å². The van der Waals surface area contributed by atoms with E-state index in [1.165, 1.54) is 11.8 Å². The van der Waals surface area contributed by atoms with Gasteiger partial charge in [-0.25, -0.2) is 4.98 Å². The molecular weight excluding hydrogens is 426 g/mol. The second-order valence-electron chi connectivity index (χ2n) is 7.18. The summed E-state index contributed by atoms with van der Waals surface area (Å²) in [6, 6.07) is 15.5. The van der Waals surface area contributed by atoms with Crippen LogP contribution in [0.1, 0.15) is 22.4 Å². The number of methoxy groups -OCH3 is 2. The van der Waals surface area contributed by atoms with Crippen molar-refractivity contribution >= 4 is 17.7 Å². The first-order valence-corrected chi connectivity index (χ1v) is 11.2. The predicted molar refractivity (Wildman–Crippen MR) is 126 cm³/mol. The molecule has 0 aliphatic carbocycles. The maximum Gasteiger partial charge on any atom is 0.255 e. The monoisotopic (exact) mass is 453 g/mol. The van der Waals surface area contributed by atoms with Gasteiger partial charge in [0.05, 0.1) is 20.0 Å². The molecule has 3 aromatic rings. The lowest BCUT2D eigenvalue weighted by Gasteiger charge is -2.10. The Morgan fingerprint density at radius 3 is 2.50 bits per heavy atom. The van der Waals surface area contributed by atoms with E-state index in [4.69, 9.17) is 9.47 Å². The minimum Gasteiger partial charge on any atom is -0.493 e. The Morgan fingerprint density at radius 1 is 1.06 bits per heavy atom. The molecule has 0 atom stereocenters. The van der Waals surface area contributed by atoms with E-state index in [2.05, 4.69) is 15.3 Å². The first-order chi connectivity index (χ1) is 15.5. The number of rotatable bonds is 10. The molecule has 32 heavy (non-hydrogen) atoms. The molecule has 2 aromatic carbocycles. The highest BCUT2D eigenvalue weighted by Crippen LogP contribution is 2.27. The number of benzene rings is 2. The first kappa shape index (κ1) is 23.4. The molecule has 7 nitrogen and oxygen atoms in total. The molecular formula is C24H27N3O4S. The molecule has 0 spiro atoms. The number of ether oxygens (including phenoxy) is 2. The summed E-state index contributed by atoms with van der Waals surface area (Å²) in [7, 11) is 3.19. The van der Waals surface area contributed by atoms with Gasteiger partial charge in [0.25, 0.3) is 5.56 Å². The van der Waals surface area contributed by atoms with Gasteiger partial charge < -0.3 is 19.8 Å². The molecule has 0 fully saturated rings. The normalized spacial score (nSPS) is 10.6. The van der Waals surface area contributed by atoms with Crippen LogP contribution in [0, 0.1) is 6.92 Å². The molecule has 0 saturated carbocycles. The highest BCUT2D eigenvalue weighted by atomic mass is 32.2. The smallest absolute Gasteiger partial charge is 0.255 e. The molecule has 2 N–H and O–H groups in total. The molecule has 168 valence electrons. The number of H-pyrrole nitrogens is 1. The summed E-state index contributed by atoms with van der Waals surface area (Å²) >= 11 is 1.21. The molecule has 3 rings (SSSR count). The van der Waals surface area contributed by atoms with Crippen LogP contribution in [0.15, 0.2) is 58.5 Å². The lowest BCUT2D eigenvalue weighted by Crippen LogP contribution is -2.27. The molecule has 1 heterocycles. The van der Waals surface area contributed by atoms with Crippen LogP contribution in [0.2, 0.25) is 0 Å². The lowest BCUT2D eigenvalue weighted by molar-refractivity contribution is -0.118. The number of amides is 1. The van der Waals surface area contributed by atoms with Gasteiger partial charge in [-0.1, -0.05) is 48.2 Å². The van der Waals surface area contributed by atoms with Crippen LogP contribution in [0.5, 0.6) is 11.5 Å². The van der Waals surface area contributed by atoms with Gasteiger partial charge in [-0.3, -0.25) is 9.59 Å². The maximum atomic E-state index is 12.5. The maximum absolute atomic E-state index is 12.5. The van der Waals surface area contributed by atoms with Crippen molar-refractivity contribution in [3.05, 3.63) is 81.3 Å². The van der Waals surface area contributed by atoms with E-state index < -0.39 is 0 Å². The van der Waals surface area contributed by atoms with Gasteiger partial charge in [0.1, 0.15) is 0 Å². The molecule has 0 aliphatic rings. The zero-order chi connectivity index (χ0) is 22.9. The third-order valence-electron chi connectivity index (χ3n) is 4.95. The molecule has 1 amide bonds. The van der Waals surface area contributed by atoms with Gasteiger partial charge in [-0.2, -0.15) is 0 Å². The number of thioether (sulfide) groups is 1. The van der Waals surface area contributed by atoms with E-state index in [0.29, 0.717) is 47.3 Å². The van der Waals surface area contributed by atoms with Crippen LogP contribution in [-0.2, 0) is 17.6 Å². The number of hydrogen-bond donors (Lipinski definition) is 2. The highest BCUT2D eigenvalue weighted by Gasteiger charge is 2.11. The van der Waals surface area contributed by atoms with Crippen molar-refractivity contribution in [2.45, 2.75) is 24.9 Å². The summed E-state index contributed by atoms with van der Waals surface area (Å²) in [4.78, 5) is 32.0. The molecule has 0 aliphatic heterocycles. The Labute approximate surface area is 191 Å². The molecule has 0 saturated heterocycles. The standard InChI is InChI=1S/C24H27N3O4S/c1-16-19(13-17-7-5-4-6-8-17)23(29)27-24(26-16)32-15-22(28)25-12-11-18-9-10-20(30-2)21(14-18)31-3/h4-10,14H,11-13,15H2,1-3H3,(H,25,28)(H,26,27,29). The Bertz CT molecular complexity index is 1120. The van der Waals surface area contributed by atoms with E-state index in [1.807, 2.05) is 55.5 Å². The minimum absolute atomic E-state index is 0.121. The second kappa shape index (κ2) is 11.4. The van der Waals surface area contributed by atoms with E-state index in [-0.39, 0.29) is 17.2 Å². The van der Waals surface area contributed by atoms with Gasteiger partial charge in [-0.05, 0) is 36.6 Å². The third kappa shape index (κ3) is 6.37. The summed E-state index contributed by atoms with van der Waals surface area (Å²) in [5.74, 6) is 1.38. The molecule has 1 aromatic heterocycles. The average Bonchev–Trinajstić information content (AvgIpc) is 2.80. The first-order valence-electron chi connectivity index (χ1n) is 10.2. The predicted octanol–water partition coefficient (Wildman–Crippen LogP) is 3.14. The Hall–Kier alpha value is -3.26. The number of carbonyl (C=O) groups is 1. The number of aryl methyl sites for hydroxylation is 1. The van der Waals surface area contributed by atoms with Crippen molar-refractivity contribution in [3.63, 3.8) is 0 Å². The molecule has 0 bridgehead atoms. The van der Waals surface area contributed by atoms with Crippen molar-refractivity contribution in [1.82, 2.24) is 15.3 Å². The number of hydrogen-bond acceptors (Lipinski definition) is 6. The summed E-state index contributed by atoms with van der Waals surface area (Å²) in [6.07, 6.45) is 1.19. The van der Waals surface area contributed by atoms with Crippen LogP contribution >= 0.6 is 11.8 Å². The second-order valence-corrected chi connectivity index (χ2v) is 8.14. The summed E-state index contributed by atoms with van der Waals surface area (Å²) in [5, 5.41) is 3.33. The van der Waals surface area contributed by atoms with Crippen LogP contribution in [0.3, 0.4) is 0 Å². The van der Waals surface area contributed by atoms with Crippen LogP contribution < -0.4 is 20.3 Å². The fraction of sp³-hybridized carbons (Fsp3) is 0.292. The van der Waals surface area contributed by atoms with Crippen LogP contribution in [0.4, 0.5) is 0 Å². The quantitative estimate of drug-likeness (QED) is 0.362. The highest BCUT2D eigenvalue weighted by molar-refractivity contribution is 7.99. The van der Waals surface area contributed by atoms with Crippen molar-refractivity contribution in [2.24, 2.45) is 0 Å². The third-order valence-corrected chi connectivity index (χ3v) is 5.82. The summed E-state index contributed by atoms with van der Waals surface area (Å²) in [6.45, 7) is 2.31. The average molecular weight is 454 g/mol. The topological polar surface area (TPSA) is 93.3 Å². The Kier molecular flexibility index (Phi) is 8.33. The summed E-state index contributed by atoms with van der Waals surface area (Å²) in [5.41, 5.74) is 3.23. The zero-order valence-corrected chi connectivity index (χ0v) is 19.3. The van der Waals surface area contributed by atoms with Crippen molar-refractivity contribution < 1.29 is 14.3 Å². The molecule has 0 radical (unpaired) electrons. The Morgan fingerprint density at radius 2 is 1.81 bits per heavy atom. The number of nitrogens with zero attached hydrogens (tertiary/aromatic N) is 1. The molecule has 8 heteroatoms. The largest absolute Gasteiger partial charge is 0.493 e. The SMILES string of the molecule is COc1ccc(CCNC(=O)CSc2nc(C)c(Cc3ccccc3)c(=O)[nH]2)cc1OC. The number of carbonyl (C=O) groups excluding carboxylic acids is 1. The number of aromatic amines is 1. The fourth-order valence-corrected chi connectivity index (χ4v) is 3.96. The van der Waals surface area contributed by atoms with Crippen molar-refractivity contribution in [2.75, 3.05) is 26.5 Å². The molecule has 0 unspecified atom stereocenters. The van der Waals surface area contributed by atoms with Crippen LogP contribution in [-0.4, -0.2) is 42.4 Å². The minimum atomic E-state index is -0.169.